The highest BCUT2D eigenvalue weighted by Gasteiger charge is 2.09. The average molecular weight is 362 g/mol. The predicted molar refractivity (Wildman–Crippen MR) is 93.1 cm³/mol. The van der Waals surface area contributed by atoms with Crippen LogP contribution in [0.3, 0.4) is 0 Å². The molecule has 0 aliphatic heterocycles. The van der Waals surface area contributed by atoms with Crippen molar-refractivity contribution in [2.45, 2.75) is 13.0 Å². The smallest absolute Gasteiger partial charge is 0.123 e. The maximum atomic E-state index is 6.03. The molecule has 0 saturated carbocycles. The summed E-state index contributed by atoms with van der Waals surface area (Å²) in [7, 11) is 0. The lowest BCUT2D eigenvalue weighted by Crippen LogP contribution is -2.06. The van der Waals surface area contributed by atoms with Crippen LogP contribution in [0.4, 0.5) is 0 Å². The molecule has 0 aliphatic rings. The van der Waals surface area contributed by atoms with E-state index in [2.05, 4.69) is 63.8 Å². The first kappa shape index (κ1) is 14.6. The standard InChI is InChI=1S/C17H16BrNOS/c18-13-9-14(21-11-13)10-20-17-6-5-12-3-1-2-4-15(12)16(17)7-8-19/h1-6,9,11H,7-8,10,19H2. The number of rotatable bonds is 5. The van der Waals surface area contributed by atoms with Gasteiger partial charge in [0.05, 0.1) is 0 Å². The van der Waals surface area contributed by atoms with E-state index in [1.165, 1.54) is 21.2 Å². The summed E-state index contributed by atoms with van der Waals surface area (Å²) in [5.74, 6) is 0.934. The largest absolute Gasteiger partial charge is 0.488 e. The van der Waals surface area contributed by atoms with Crippen molar-refractivity contribution >= 4 is 38.0 Å². The average Bonchev–Trinajstić information content (AvgIpc) is 2.92. The Balaban J connectivity index is 1.91. The summed E-state index contributed by atoms with van der Waals surface area (Å²) < 4.78 is 7.13. The van der Waals surface area contributed by atoms with Gasteiger partial charge in [-0.25, -0.2) is 0 Å². The molecule has 0 saturated heterocycles. The van der Waals surface area contributed by atoms with Crippen molar-refractivity contribution in [2.75, 3.05) is 6.54 Å². The fourth-order valence-electron chi connectivity index (χ4n) is 2.43. The normalized spacial score (nSPS) is 11.0. The van der Waals surface area contributed by atoms with Crippen LogP contribution in [0.1, 0.15) is 10.4 Å². The molecule has 0 bridgehead atoms. The van der Waals surface area contributed by atoms with Crippen molar-refractivity contribution in [3.63, 3.8) is 0 Å². The van der Waals surface area contributed by atoms with Gasteiger partial charge in [-0.05, 0) is 51.8 Å². The van der Waals surface area contributed by atoms with Gasteiger partial charge in [0, 0.05) is 20.3 Å². The molecule has 0 unspecified atom stereocenters. The number of benzene rings is 2. The topological polar surface area (TPSA) is 35.2 Å². The number of ether oxygens (including phenoxy) is 1. The van der Waals surface area contributed by atoms with Crippen LogP contribution in [0.15, 0.2) is 52.3 Å². The Hall–Kier alpha value is -1.36. The van der Waals surface area contributed by atoms with Crippen LogP contribution in [0.5, 0.6) is 5.75 Å². The van der Waals surface area contributed by atoms with E-state index in [0.29, 0.717) is 13.2 Å². The van der Waals surface area contributed by atoms with Gasteiger partial charge >= 0.3 is 0 Å². The lowest BCUT2D eigenvalue weighted by Gasteiger charge is -2.13. The number of nitrogens with two attached hydrogens (primary N) is 1. The number of hydrogen-bond acceptors (Lipinski definition) is 3. The summed E-state index contributed by atoms with van der Waals surface area (Å²) in [6, 6.07) is 14.6. The second kappa shape index (κ2) is 6.60. The third-order valence-electron chi connectivity index (χ3n) is 3.38. The van der Waals surface area contributed by atoms with Crippen molar-refractivity contribution < 1.29 is 4.74 Å². The monoisotopic (exact) mass is 361 g/mol. The summed E-state index contributed by atoms with van der Waals surface area (Å²) in [5.41, 5.74) is 6.97. The third-order valence-corrected chi connectivity index (χ3v) is 5.05. The first-order valence-corrected chi connectivity index (χ1v) is 8.51. The fourth-order valence-corrected chi connectivity index (χ4v) is 3.79. The van der Waals surface area contributed by atoms with Crippen molar-refractivity contribution in [3.05, 3.63) is 62.8 Å². The second-order valence-corrected chi connectivity index (χ2v) is 6.73. The van der Waals surface area contributed by atoms with Gasteiger partial charge in [0.2, 0.25) is 0 Å². The van der Waals surface area contributed by atoms with E-state index in [1.54, 1.807) is 11.3 Å². The van der Waals surface area contributed by atoms with Crippen LogP contribution in [0.2, 0.25) is 0 Å². The van der Waals surface area contributed by atoms with Gasteiger partial charge in [-0.3, -0.25) is 0 Å². The van der Waals surface area contributed by atoms with E-state index in [-0.39, 0.29) is 0 Å². The molecule has 3 aromatic rings. The van der Waals surface area contributed by atoms with Gasteiger partial charge in [-0.2, -0.15) is 0 Å². The molecule has 0 fully saturated rings. The highest BCUT2D eigenvalue weighted by molar-refractivity contribution is 9.10. The second-order valence-electron chi connectivity index (χ2n) is 4.82. The first-order chi connectivity index (χ1) is 10.3. The molecule has 0 spiro atoms. The van der Waals surface area contributed by atoms with E-state index in [4.69, 9.17) is 10.5 Å². The van der Waals surface area contributed by atoms with Crippen LogP contribution < -0.4 is 10.5 Å². The first-order valence-electron chi connectivity index (χ1n) is 6.84. The zero-order valence-corrected chi connectivity index (χ0v) is 13.9. The van der Waals surface area contributed by atoms with Crippen LogP contribution in [0.25, 0.3) is 10.8 Å². The number of hydrogen-bond donors (Lipinski definition) is 1. The molecule has 21 heavy (non-hydrogen) atoms. The molecule has 1 aromatic heterocycles. The Morgan fingerprint density at radius 3 is 2.76 bits per heavy atom. The van der Waals surface area contributed by atoms with E-state index in [1.807, 2.05) is 0 Å². The van der Waals surface area contributed by atoms with Crippen molar-refractivity contribution in [1.82, 2.24) is 0 Å². The van der Waals surface area contributed by atoms with Gasteiger partial charge < -0.3 is 10.5 Å². The summed E-state index contributed by atoms with van der Waals surface area (Å²) in [4.78, 5) is 1.20. The molecular weight excluding hydrogens is 346 g/mol. The van der Waals surface area contributed by atoms with Gasteiger partial charge in [0.1, 0.15) is 12.4 Å². The van der Waals surface area contributed by atoms with Gasteiger partial charge in [0.15, 0.2) is 0 Å². The third kappa shape index (κ3) is 3.28. The molecule has 2 N–H and O–H groups in total. The maximum absolute atomic E-state index is 6.03. The van der Waals surface area contributed by atoms with Gasteiger partial charge in [0.25, 0.3) is 0 Å². The SMILES string of the molecule is NCCc1c(OCc2cc(Br)cs2)ccc2ccccc12. The van der Waals surface area contributed by atoms with Crippen molar-refractivity contribution in [1.29, 1.82) is 0 Å². The molecule has 4 heteroatoms. The predicted octanol–water partition coefficient (Wildman–Crippen LogP) is 4.74. The number of thiophene rings is 1. The number of fused-ring (bicyclic) bond motifs is 1. The van der Waals surface area contributed by atoms with Crippen molar-refractivity contribution in [2.24, 2.45) is 5.73 Å². The zero-order valence-electron chi connectivity index (χ0n) is 11.5. The highest BCUT2D eigenvalue weighted by atomic mass is 79.9. The lowest BCUT2D eigenvalue weighted by molar-refractivity contribution is 0.307. The van der Waals surface area contributed by atoms with Crippen LogP contribution in [-0.2, 0) is 13.0 Å². The number of halogens is 1. The van der Waals surface area contributed by atoms with E-state index in [9.17, 15) is 0 Å². The molecule has 3 rings (SSSR count). The molecule has 2 nitrogen and oxygen atoms in total. The minimum Gasteiger partial charge on any atom is -0.488 e. The lowest BCUT2D eigenvalue weighted by atomic mass is 10.0. The zero-order chi connectivity index (χ0) is 14.7. The Morgan fingerprint density at radius 1 is 1.14 bits per heavy atom. The van der Waals surface area contributed by atoms with Crippen LogP contribution in [-0.4, -0.2) is 6.54 Å². The van der Waals surface area contributed by atoms with Crippen LogP contribution in [0, 0.1) is 0 Å². The minimum absolute atomic E-state index is 0.589. The summed E-state index contributed by atoms with van der Waals surface area (Å²) in [6.45, 7) is 1.21. The molecule has 2 aromatic carbocycles. The molecule has 0 amide bonds. The van der Waals surface area contributed by atoms with E-state index >= 15 is 0 Å². The molecular formula is C17H16BrNOS. The molecule has 0 radical (unpaired) electrons. The summed E-state index contributed by atoms with van der Waals surface area (Å²) in [5, 5.41) is 4.53. The van der Waals surface area contributed by atoms with E-state index in [0.717, 1.165) is 16.6 Å². The Labute approximate surface area is 136 Å². The Kier molecular flexibility index (Phi) is 4.58. The molecule has 0 atom stereocenters. The molecule has 108 valence electrons. The fraction of sp³-hybridized carbons (Fsp3) is 0.176. The summed E-state index contributed by atoms with van der Waals surface area (Å²) in [6.07, 6.45) is 0.824. The molecule has 1 heterocycles. The van der Waals surface area contributed by atoms with Crippen LogP contribution >= 0.6 is 27.3 Å². The maximum Gasteiger partial charge on any atom is 0.123 e. The highest BCUT2D eigenvalue weighted by Crippen LogP contribution is 2.30. The van der Waals surface area contributed by atoms with Gasteiger partial charge in [-0.1, -0.05) is 30.3 Å². The summed E-state index contributed by atoms with van der Waals surface area (Å²) >= 11 is 5.16. The minimum atomic E-state index is 0.589. The Bertz CT molecular complexity index is 753. The van der Waals surface area contributed by atoms with Crippen molar-refractivity contribution in [3.8, 4) is 5.75 Å². The molecule has 0 aliphatic carbocycles. The van der Waals surface area contributed by atoms with E-state index < -0.39 is 0 Å². The Morgan fingerprint density at radius 2 is 2.00 bits per heavy atom. The quantitative estimate of drug-likeness (QED) is 0.711. The van der Waals surface area contributed by atoms with Gasteiger partial charge in [-0.15, -0.1) is 11.3 Å².